The van der Waals surface area contributed by atoms with Gasteiger partial charge in [-0.3, -0.25) is 4.90 Å². The molecule has 0 fully saturated rings. The number of halogens is 1. The molecule has 0 spiro atoms. The van der Waals surface area contributed by atoms with Crippen LogP contribution in [-0.2, 0) is 11.5 Å². The molecule has 0 atom stereocenters. The maximum Gasteiger partial charge on any atom is 0.302 e. The van der Waals surface area contributed by atoms with Crippen molar-refractivity contribution in [3.8, 4) is 22.7 Å². The van der Waals surface area contributed by atoms with E-state index in [1.807, 2.05) is 49.2 Å². The highest BCUT2D eigenvalue weighted by Crippen LogP contribution is 2.33. The molecule has 8 heteroatoms. The lowest BCUT2D eigenvalue weighted by Gasteiger charge is -2.14. The Labute approximate surface area is 167 Å². The Balaban J connectivity index is 1.74. The minimum absolute atomic E-state index is 0.213. The molecule has 0 aliphatic rings. The predicted molar refractivity (Wildman–Crippen MR) is 107 cm³/mol. The Morgan fingerprint density at radius 2 is 1.86 bits per heavy atom. The van der Waals surface area contributed by atoms with E-state index in [0.29, 0.717) is 29.8 Å². The van der Waals surface area contributed by atoms with Crippen molar-refractivity contribution < 1.29 is 13.5 Å². The van der Waals surface area contributed by atoms with Crippen molar-refractivity contribution in [1.82, 2.24) is 20.0 Å². The summed E-state index contributed by atoms with van der Waals surface area (Å²) in [6.07, 6.45) is 1.63. The van der Waals surface area contributed by atoms with Crippen LogP contribution in [0.4, 0.5) is 16.1 Å². The number of aromatic nitrogens is 4. The molecule has 0 saturated carbocycles. The van der Waals surface area contributed by atoms with Crippen molar-refractivity contribution in [2.45, 2.75) is 13.7 Å². The summed E-state index contributed by atoms with van der Waals surface area (Å²) in [4.78, 5) is 6.25. The van der Waals surface area contributed by atoms with Crippen molar-refractivity contribution in [2.75, 3.05) is 18.6 Å². The summed E-state index contributed by atoms with van der Waals surface area (Å²) in [5, 5.41) is 8.45. The summed E-state index contributed by atoms with van der Waals surface area (Å²) in [7, 11) is 1.88. The second-order valence-corrected chi connectivity index (χ2v) is 6.32. The molecule has 2 heterocycles. The van der Waals surface area contributed by atoms with E-state index in [1.54, 1.807) is 23.0 Å². The molecule has 0 radical (unpaired) electrons. The van der Waals surface area contributed by atoms with Crippen LogP contribution in [-0.4, -0.2) is 33.6 Å². The second-order valence-electron chi connectivity index (χ2n) is 6.32. The van der Waals surface area contributed by atoms with Crippen LogP contribution in [0.5, 0.6) is 0 Å². The van der Waals surface area contributed by atoms with Gasteiger partial charge in [-0.05, 0) is 43.3 Å². The first-order valence-corrected chi connectivity index (χ1v) is 9.19. The first-order valence-electron chi connectivity index (χ1n) is 9.19. The first-order chi connectivity index (χ1) is 14.2. The van der Waals surface area contributed by atoms with E-state index in [2.05, 4.69) is 15.3 Å². The fraction of sp³-hybridized carbons (Fsp3) is 0.190. The van der Waals surface area contributed by atoms with Gasteiger partial charge in [0.15, 0.2) is 5.76 Å². The van der Waals surface area contributed by atoms with Gasteiger partial charge in [-0.2, -0.15) is 0 Å². The Morgan fingerprint density at radius 1 is 1.10 bits per heavy atom. The van der Waals surface area contributed by atoms with Crippen molar-refractivity contribution in [3.63, 3.8) is 0 Å². The fourth-order valence-electron chi connectivity index (χ4n) is 2.92. The van der Waals surface area contributed by atoms with Crippen LogP contribution in [0.25, 0.3) is 22.7 Å². The topological polar surface area (TPSA) is 69.2 Å². The number of rotatable bonds is 7. The van der Waals surface area contributed by atoms with Crippen molar-refractivity contribution in [1.29, 1.82) is 0 Å². The molecule has 7 nitrogen and oxygen atoms in total. The molecule has 0 unspecified atom stereocenters. The molecule has 2 aromatic heterocycles. The lowest BCUT2D eigenvalue weighted by Crippen LogP contribution is -2.09. The molecule has 0 bridgehead atoms. The summed E-state index contributed by atoms with van der Waals surface area (Å²) in [6.45, 7) is 2.65. The number of para-hydroxylation sites is 1. The van der Waals surface area contributed by atoms with Crippen molar-refractivity contribution in [3.05, 3.63) is 66.6 Å². The Kier molecular flexibility index (Phi) is 5.35. The number of hydrogen-bond acceptors (Lipinski definition) is 6. The van der Waals surface area contributed by atoms with Crippen LogP contribution in [0.3, 0.4) is 0 Å². The molecule has 2 aromatic carbocycles. The van der Waals surface area contributed by atoms with Gasteiger partial charge in [0.05, 0.1) is 6.20 Å². The lowest BCUT2D eigenvalue weighted by atomic mass is 10.1. The summed E-state index contributed by atoms with van der Waals surface area (Å²) in [6, 6.07) is 16.3. The van der Waals surface area contributed by atoms with E-state index in [4.69, 9.17) is 9.15 Å². The van der Waals surface area contributed by atoms with Crippen molar-refractivity contribution >= 4 is 11.7 Å². The maximum absolute atomic E-state index is 13.4. The highest BCUT2D eigenvalue weighted by molar-refractivity contribution is 5.75. The first kappa shape index (κ1) is 18.8. The number of hydrogen-bond donors (Lipinski definition) is 0. The summed E-state index contributed by atoms with van der Waals surface area (Å²) >= 11 is 0. The van der Waals surface area contributed by atoms with Gasteiger partial charge >= 0.3 is 6.01 Å². The third-order valence-corrected chi connectivity index (χ3v) is 4.43. The number of anilines is 2. The van der Waals surface area contributed by atoms with Crippen LogP contribution >= 0.6 is 0 Å². The molecule has 0 saturated heterocycles. The second kappa shape index (κ2) is 8.24. The summed E-state index contributed by atoms with van der Waals surface area (Å²) in [5.41, 5.74) is 2.85. The average molecular weight is 393 g/mol. The van der Waals surface area contributed by atoms with E-state index in [-0.39, 0.29) is 12.5 Å². The van der Waals surface area contributed by atoms with Gasteiger partial charge in [0.2, 0.25) is 0 Å². The van der Waals surface area contributed by atoms with E-state index in [9.17, 15) is 4.39 Å². The van der Waals surface area contributed by atoms with Crippen LogP contribution < -0.4 is 4.90 Å². The summed E-state index contributed by atoms with van der Waals surface area (Å²) < 4.78 is 26.5. The van der Waals surface area contributed by atoms with Crippen LogP contribution in [0.1, 0.15) is 6.92 Å². The standard InChI is InChI=1S/C21H20FN5O2/c1-3-28-14-27-20(19(24-25-27)15-9-11-16(22)12-10-15)18-13-23-21(29-18)26(2)17-7-5-4-6-8-17/h4-13H,3,14H2,1-2H3. The van der Waals surface area contributed by atoms with E-state index < -0.39 is 0 Å². The zero-order valence-corrected chi connectivity index (χ0v) is 16.1. The monoisotopic (exact) mass is 393 g/mol. The lowest BCUT2D eigenvalue weighted by molar-refractivity contribution is 0.0787. The normalized spacial score (nSPS) is 11.0. The Morgan fingerprint density at radius 3 is 2.59 bits per heavy atom. The zero-order valence-electron chi connectivity index (χ0n) is 16.1. The molecular formula is C21H20FN5O2. The van der Waals surface area contributed by atoms with Crippen LogP contribution in [0.15, 0.2) is 65.2 Å². The van der Waals surface area contributed by atoms with Gasteiger partial charge in [0.1, 0.15) is 23.9 Å². The number of nitrogens with zero attached hydrogens (tertiary/aromatic N) is 5. The van der Waals surface area contributed by atoms with Crippen LogP contribution in [0, 0.1) is 5.82 Å². The largest absolute Gasteiger partial charge is 0.421 e. The number of oxazole rings is 1. The third-order valence-electron chi connectivity index (χ3n) is 4.43. The molecule has 4 aromatic rings. The molecule has 0 aliphatic carbocycles. The Bertz CT molecular complexity index is 1080. The predicted octanol–water partition coefficient (Wildman–Crippen LogP) is 4.50. The van der Waals surface area contributed by atoms with Crippen LogP contribution in [0.2, 0.25) is 0 Å². The number of benzene rings is 2. The van der Waals surface area contributed by atoms with Crippen molar-refractivity contribution in [2.24, 2.45) is 0 Å². The average Bonchev–Trinajstić information content (AvgIpc) is 3.40. The minimum Gasteiger partial charge on any atom is -0.421 e. The highest BCUT2D eigenvalue weighted by atomic mass is 19.1. The summed E-state index contributed by atoms with van der Waals surface area (Å²) in [5.74, 6) is 0.176. The fourth-order valence-corrected chi connectivity index (χ4v) is 2.92. The van der Waals surface area contributed by atoms with E-state index in [0.717, 1.165) is 11.3 Å². The molecule has 0 aliphatic heterocycles. The van der Waals surface area contributed by atoms with E-state index in [1.165, 1.54) is 12.1 Å². The van der Waals surface area contributed by atoms with Gasteiger partial charge in [0.25, 0.3) is 0 Å². The van der Waals surface area contributed by atoms with Gasteiger partial charge in [-0.25, -0.2) is 14.1 Å². The SMILES string of the molecule is CCOCn1nnc(-c2ccc(F)cc2)c1-c1cnc(N(C)c2ccccc2)o1. The third kappa shape index (κ3) is 3.88. The maximum atomic E-state index is 13.4. The highest BCUT2D eigenvalue weighted by Gasteiger charge is 2.22. The smallest absolute Gasteiger partial charge is 0.302 e. The molecule has 4 rings (SSSR count). The molecule has 0 amide bonds. The van der Waals surface area contributed by atoms with E-state index >= 15 is 0 Å². The Hall–Kier alpha value is -3.52. The van der Waals surface area contributed by atoms with Gasteiger partial charge in [-0.15, -0.1) is 5.10 Å². The molecule has 148 valence electrons. The van der Waals surface area contributed by atoms with Gasteiger partial charge in [0, 0.05) is 24.9 Å². The molecular weight excluding hydrogens is 373 g/mol. The van der Waals surface area contributed by atoms with Gasteiger partial charge in [-0.1, -0.05) is 23.4 Å². The quantitative estimate of drug-likeness (QED) is 0.460. The minimum atomic E-state index is -0.316. The zero-order chi connectivity index (χ0) is 20.2. The van der Waals surface area contributed by atoms with Gasteiger partial charge < -0.3 is 9.15 Å². The molecule has 29 heavy (non-hydrogen) atoms. The molecule has 0 N–H and O–H groups in total. The number of ether oxygens (including phenoxy) is 1.